The number of hydrogen-bond acceptors (Lipinski definition) is 6. The second-order valence-electron chi connectivity index (χ2n) is 7.24. The lowest BCUT2D eigenvalue weighted by Crippen LogP contribution is -2.47. The second kappa shape index (κ2) is 7.30. The zero-order valence-corrected chi connectivity index (χ0v) is 14.9. The molecule has 3 N–H and O–H groups in total. The number of hydrogen-bond donors (Lipinski definition) is 2. The van der Waals surface area contributed by atoms with Gasteiger partial charge in [-0.15, -0.1) is 0 Å². The van der Waals surface area contributed by atoms with Crippen LogP contribution in [0, 0.1) is 11.8 Å². The number of pyridine rings is 1. The molecule has 3 rings (SSSR count). The van der Waals surface area contributed by atoms with E-state index in [2.05, 4.69) is 45.9 Å². The highest BCUT2D eigenvalue weighted by atomic mass is 15.2. The van der Waals surface area contributed by atoms with Crippen molar-refractivity contribution in [1.82, 2.24) is 19.9 Å². The first-order valence-corrected chi connectivity index (χ1v) is 8.89. The van der Waals surface area contributed by atoms with Crippen LogP contribution in [0.5, 0.6) is 0 Å². The van der Waals surface area contributed by atoms with Crippen LogP contribution in [0.3, 0.4) is 0 Å². The summed E-state index contributed by atoms with van der Waals surface area (Å²) in [5.74, 6) is 2.76. The molecule has 0 radical (unpaired) electrons. The van der Waals surface area contributed by atoms with Crippen LogP contribution in [-0.4, -0.2) is 45.5 Å². The van der Waals surface area contributed by atoms with E-state index in [1.54, 1.807) is 12.4 Å². The quantitative estimate of drug-likeness (QED) is 0.878. The minimum absolute atomic E-state index is 0.481. The van der Waals surface area contributed by atoms with E-state index < -0.39 is 0 Å². The topological polar surface area (TPSA) is 80.0 Å². The molecule has 130 valence electrons. The summed E-state index contributed by atoms with van der Waals surface area (Å²) in [6.45, 7) is 10.2. The van der Waals surface area contributed by atoms with Gasteiger partial charge in [0.25, 0.3) is 0 Å². The molecule has 6 heteroatoms. The number of piperidine rings is 1. The monoisotopic (exact) mass is 328 g/mol. The smallest absolute Gasteiger partial charge is 0.166 e. The van der Waals surface area contributed by atoms with Crippen molar-refractivity contribution in [3.8, 4) is 0 Å². The van der Waals surface area contributed by atoms with Gasteiger partial charge in [0.1, 0.15) is 18.0 Å². The first-order valence-electron chi connectivity index (χ1n) is 8.89. The van der Waals surface area contributed by atoms with Crippen LogP contribution in [0.1, 0.15) is 33.6 Å². The molecule has 1 saturated heterocycles. The number of rotatable bonds is 5. The van der Waals surface area contributed by atoms with Crippen molar-refractivity contribution in [3.63, 3.8) is 0 Å². The maximum atomic E-state index is 5.75. The van der Waals surface area contributed by atoms with Gasteiger partial charge in [-0.05, 0) is 49.9 Å². The minimum atomic E-state index is 0.481. The molecule has 1 aliphatic rings. The fraction of sp³-hybridized carbons (Fsp3) is 0.611. The van der Waals surface area contributed by atoms with Crippen molar-refractivity contribution in [1.29, 1.82) is 0 Å². The van der Waals surface area contributed by atoms with Crippen LogP contribution in [0.15, 0.2) is 18.5 Å². The Kier molecular flexibility index (Phi) is 5.14. The minimum Gasteiger partial charge on any atom is -0.384 e. The molecule has 1 atom stereocenters. The normalized spacial score (nSPS) is 18.2. The molecule has 2 aromatic heterocycles. The number of nitrogens with two attached hydrogens (primary N) is 1. The van der Waals surface area contributed by atoms with Crippen molar-refractivity contribution >= 4 is 22.7 Å². The molecule has 1 fully saturated rings. The predicted octanol–water partition coefficient (Wildman–Crippen LogP) is 2.78. The van der Waals surface area contributed by atoms with Crippen molar-refractivity contribution in [2.75, 3.05) is 30.7 Å². The van der Waals surface area contributed by atoms with Gasteiger partial charge in [-0.1, -0.05) is 20.8 Å². The van der Waals surface area contributed by atoms with Gasteiger partial charge in [-0.3, -0.25) is 4.90 Å². The van der Waals surface area contributed by atoms with Gasteiger partial charge in [0, 0.05) is 12.6 Å². The van der Waals surface area contributed by atoms with E-state index in [0.29, 0.717) is 23.4 Å². The average molecular weight is 328 g/mol. The number of anilines is 2. The Bertz CT molecular complexity index is 678. The van der Waals surface area contributed by atoms with Gasteiger partial charge >= 0.3 is 0 Å². The Morgan fingerprint density at radius 2 is 2.00 bits per heavy atom. The van der Waals surface area contributed by atoms with Crippen molar-refractivity contribution in [3.05, 3.63) is 18.5 Å². The molecule has 2 aromatic rings. The molecular formula is C18H28N6. The molecule has 0 aliphatic carbocycles. The molecule has 1 aliphatic heterocycles. The SMILES string of the molecule is CC1CCN(C(CNc2ncnc3nc(N)ccc23)C(C)C)CC1. The molecule has 0 aromatic carbocycles. The number of fused-ring (bicyclic) bond motifs is 1. The third-order valence-electron chi connectivity index (χ3n) is 5.05. The van der Waals surface area contributed by atoms with E-state index in [1.807, 2.05) is 6.07 Å². The number of nitrogen functional groups attached to an aromatic ring is 1. The number of nitrogens with one attached hydrogen (secondary N) is 1. The van der Waals surface area contributed by atoms with E-state index in [4.69, 9.17) is 5.73 Å². The van der Waals surface area contributed by atoms with Gasteiger partial charge in [-0.2, -0.15) is 0 Å². The van der Waals surface area contributed by atoms with E-state index in [-0.39, 0.29) is 0 Å². The molecule has 0 spiro atoms. The highest BCUT2D eigenvalue weighted by molar-refractivity contribution is 5.87. The summed E-state index contributed by atoms with van der Waals surface area (Å²) in [4.78, 5) is 15.5. The summed E-state index contributed by atoms with van der Waals surface area (Å²) in [7, 11) is 0. The van der Waals surface area contributed by atoms with Crippen LogP contribution >= 0.6 is 0 Å². The third kappa shape index (κ3) is 3.75. The van der Waals surface area contributed by atoms with Crippen LogP contribution < -0.4 is 11.1 Å². The molecule has 1 unspecified atom stereocenters. The zero-order chi connectivity index (χ0) is 17.1. The Balaban J connectivity index is 1.73. The van der Waals surface area contributed by atoms with E-state index in [1.165, 1.54) is 25.9 Å². The maximum absolute atomic E-state index is 5.75. The Morgan fingerprint density at radius 3 is 2.71 bits per heavy atom. The first-order chi connectivity index (χ1) is 11.5. The fourth-order valence-electron chi connectivity index (χ4n) is 3.45. The lowest BCUT2D eigenvalue weighted by atomic mass is 9.94. The van der Waals surface area contributed by atoms with Crippen molar-refractivity contribution < 1.29 is 0 Å². The van der Waals surface area contributed by atoms with Gasteiger partial charge in [-0.25, -0.2) is 15.0 Å². The molecule has 6 nitrogen and oxygen atoms in total. The lowest BCUT2D eigenvalue weighted by Gasteiger charge is -2.39. The van der Waals surface area contributed by atoms with Crippen molar-refractivity contribution in [2.24, 2.45) is 11.8 Å². The van der Waals surface area contributed by atoms with Crippen LogP contribution in [0.2, 0.25) is 0 Å². The summed E-state index contributed by atoms with van der Waals surface area (Å²) in [5, 5.41) is 4.44. The highest BCUT2D eigenvalue weighted by Gasteiger charge is 2.25. The zero-order valence-electron chi connectivity index (χ0n) is 14.9. The van der Waals surface area contributed by atoms with Crippen molar-refractivity contribution in [2.45, 2.75) is 39.7 Å². The predicted molar refractivity (Wildman–Crippen MR) is 98.8 cm³/mol. The van der Waals surface area contributed by atoms with Gasteiger partial charge in [0.05, 0.1) is 5.39 Å². The average Bonchev–Trinajstić information content (AvgIpc) is 2.56. The Morgan fingerprint density at radius 1 is 1.25 bits per heavy atom. The number of nitrogens with zero attached hydrogens (tertiary/aromatic N) is 4. The Hall–Kier alpha value is -1.95. The lowest BCUT2D eigenvalue weighted by molar-refractivity contribution is 0.115. The molecular weight excluding hydrogens is 300 g/mol. The van der Waals surface area contributed by atoms with E-state index >= 15 is 0 Å². The summed E-state index contributed by atoms with van der Waals surface area (Å²) in [6, 6.07) is 4.24. The van der Waals surface area contributed by atoms with E-state index in [0.717, 1.165) is 23.7 Å². The number of aromatic nitrogens is 3. The first kappa shape index (κ1) is 16.9. The standard InChI is InChI=1S/C18H28N6/c1-12(2)15(24-8-6-13(3)7-9-24)10-20-17-14-4-5-16(19)23-18(14)22-11-21-17/h4-5,11-13,15H,6-10H2,1-3H3,(H3,19,20,21,22,23). The maximum Gasteiger partial charge on any atom is 0.166 e. The summed E-state index contributed by atoms with van der Waals surface area (Å²) in [6.07, 6.45) is 4.13. The molecule has 24 heavy (non-hydrogen) atoms. The van der Waals surface area contributed by atoms with Gasteiger partial charge in [0.15, 0.2) is 5.65 Å². The van der Waals surface area contributed by atoms with Crippen LogP contribution in [0.25, 0.3) is 11.0 Å². The molecule has 0 bridgehead atoms. The summed E-state index contributed by atoms with van der Waals surface area (Å²) < 4.78 is 0. The van der Waals surface area contributed by atoms with E-state index in [9.17, 15) is 0 Å². The highest BCUT2D eigenvalue weighted by Crippen LogP contribution is 2.23. The third-order valence-corrected chi connectivity index (χ3v) is 5.05. The number of likely N-dealkylation sites (tertiary alicyclic amines) is 1. The molecule has 0 saturated carbocycles. The largest absolute Gasteiger partial charge is 0.384 e. The van der Waals surface area contributed by atoms with Crippen LogP contribution in [0.4, 0.5) is 11.6 Å². The van der Waals surface area contributed by atoms with Gasteiger partial charge < -0.3 is 11.1 Å². The van der Waals surface area contributed by atoms with Crippen LogP contribution in [-0.2, 0) is 0 Å². The molecule has 3 heterocycles. The fourth-order valence-corrected chi connectivity index (χ4v) is 3.45. The second-order valence-corrected chi connectivity index (χ2v) is 7.24. The summed E-state index contributed by atoms with van der Waals surface area (Å²) >= 11 is 0. The summed E-state index contributed by atoms with van der Waals surface area (Å²) in [5.41, 5.74) is 6.39. The van der Waals surface area contributed by atoms with Gasteiger partial charge in [0.2, 0.25) is 0 Å². The Labute approximate surface area is 143 Å². The molecule has 0 amide bonds.